The van der Waals surface area contributed by atoms with Crippen molar-refractivity contribution in [3.63, 3.8) is 0 Å². The zero-order chi connectivity index (χ0) is 13.7. The normalized spacial score (nSPS) is 11.0. The van der Waals surface area contributed by atoms with Gasteiger partial charge in [0.05, 0.1) is 19.8 Å². The van der Waals surface area contributed by atoms with Gasteiger partial charge in [0.25, 0.3) is 0 Å². The summed E-state index contributed by atoms with van der Waals surface area (Å²) in [5.74, 6) is 0. The van der Waals surface area contributed by atoms with E-state index < -0.39 is 0 Å². The largest absolute Gasteiger partial charge is 0.389 e. The Kier molecular flexibility index (Phi) is 4.90. The van der Waals surface area contributed by atoms with Crippen LogP contribution in [0.1, 0.15) is 5.56 Å². The Bertz CT molecular complexity index is 566. The molecule has 0 aliphatic rings. The van der Waals surface area contributed by atoms with Crippen molar-refractivity contribution in [3.05, 3.63) is 36.0 Å². The van der Waals surface area contributed by atoms with Crippen molar-refractivity contribution in [2.75, 3.05) is 26.9 Å². The number of nitrogens with two attached hydrogens (primary N) is 1. The fraction of sp³-hybridized carbons (Fsp3) is 0.357. The number of methoxy groups -OCH3 is 1. The highest BCUT2D eigenvalue weighted by atomic mass is 32.1. The number of thiocarbonyl (C=S) groups is 1. The molecule has 1 heterocycles. The van der Waals surface area contributed by atoms with Crippen molar-refractivity contribution in [1.29, 1.82) is 0 Å². The van der Waals surface area contributed by atoms with Crippen LogP contribution in [0.25, 0.3) is 10.9 Å². The third-order valence-corrected chi connectivity index (χ3v) is 3.20. The van der Waals surface area contributed by atoms with E-state index in [4.69, 9.17) is 27.4 Å². The van der Waals surface area contributed by atoms with E-state index in [1.165, 1.54) is 5.39 Å². The van der Waals surface area contributed by atoms with Gasteiger partial charge in [-0.15, -0.1) is 0 Å². The molecule has 2 rings (SSSR count). The predicted molar refractivity (Wildman–Crippen MR) is 80.5 cm³/mol. The van der Waals surface area contributed by atoms with E-state index in [0.29, 0.717) is 24.8 Å². The molecule has 0 bridgehead atoms. The monoisotopic (exact) mass is 278 g/mol. The molecule has 19 heavy (non-hydrogen) atoms. The van der Waals surface area contributed by atoms with Gasteiger partial charge in [-0.2, -0.15) is 0 Å². The van der Waals surface area contributed by atoms with Crippen LogP contribution in [0.15, 0.2) is 30.5 Å². The number of ether oxygens (including phenoxy) is 2. The van der Waals surface area contributed by atoms with E-state index in [-0.39, 0.29) is 0 Å². The van der Waals surface area contributed by atoms with E-state index >= 15 is 0 Å². The Labute approximate surface area is 118 Å². The van der Waals surface area contributed by atoms with E-state index in [1.807, 2.05) is 24.4 Å². The highest BCUT2D eigenvalue weighted by molar-refractivity contribution is 7.80. The molecule has 0 radical (unpaired) electrons. The lowest BCUT2D eigenvalue weighted by Gasteiger charge is -2.07. The molecule has 0 saturated carbocycles. The fourth-order valence-electron chi connectivity index (χ4n) is 1.94. The minimum atomic E-state index is 0.422. The molecule has 2 N–H and O–H groups in total. The van der Waals surface area contributed by atoms with Crippen molar-refractivity contribution < 1.29 is 9.47 Å². The first-order valence-electron chi connectivity index (χ1n) is 6.18. The average molecular weight is 278 g/mol. The molecule has 2 aromatic rings. The first-order valence-corrected chi connectivity index (χ1v) is 6.58. The molecule has 0 atom stereocenters. The lowest BCUT2D eigenvalue weighted by atomic mass is 10.1. The van der Waals surface area contributed by atoms with Gasteiger partial charge in [0, 0.05) is 30.9 Å². The highest BCUT2D eigenvalue weighted by Gasteiger charge is 2.03. The summed E-state index contributed by atoms with van der Waals surface area (Å²) in [5.41, 5.74) is 7.68. The van der Waals surface area contributed by atoms with Gasteiger partial charge < -0.3 is 19.8 Å². The van der Waals surface area contributed by atoms with Crippen molar-refractivity contribution in [1.82, 2.24) is 4.57 Å². The minimum Gasteiger partial charge on any atom is -0.389 e. The number of nitrogens with zero attached hydrogens (tertiary/aromatic N) is 1. The van der Waals surface area contributed by atoms with Crippen LogP contribution < -0.4 is 5.73 Å². The SMILES string of the molecule is COCCOCCn1ccc2ccc(C(N)=S)cc21. The summed E-state index contributed by atoms with van der Waals surface area (Å²) in [4.78, 5) is 0.422. The molecule has 1 aromatic carbocycles. The van der Waals surface area contributed by atoms with E-state index in [1.54, 1.807) is 7.11 Å². The second-order valence-corrected chi connectivity index (χ2v) is 4.69. The van der Waals surface area contributed by atoms with E-state index in [9.17, 15) is 0 Å². The van der Waals surface area contributed by atoms with Gasteiger partial charge >= 0.3 is 0 Å². The number of hydrogen-bond donors (Lipinski definition) is 1. The maximum Gasteiger partial charge on any atom is 0.104 e. The van der Waals surface area contributed by atoms with Gasteiger partial charge in [-0.1, -0.05) is 24.4 Å². The highest BCUT2D eigenvalue weighted by Crippen LogP contribution is 2.17. The molecule has 0 aliphatic heterocycles. The van der Waals surface area contributed by atoms with Gasteiger partial charge in [-0.3, -0.25) is 0 Å². The third kappa shape index (κ3) is 3.53. The van der Waals surface area contributed by atoms with Crippen LogP contribution in [0.5, 0.6) is 0 Å². The predicted octanol–water partition coefficient (Wildman–Crippen LogP) is 1.94. The van der Waals surface area contributed by atoms with Gasteiger partial charge in [0.2, 0.25) is 0 Å². The van der Waals surface area contributed by atoms with Gasteiger partial charge in [0.15, 0.2) is 0 Å². The van der Waals surface area contributed by atoms with Crippen LogP contribution in [-0.4, -0.2) is 36.5 Å². The Balaban J connectivity index is 2.06. The Morgan fingerprint density at radius 1 is 1.26 bits per heavy atom. The third-order valence-electron chi connectivity index (χ3n) is 2.97. The first kappa shape index (κ1) is 14.0. The molecule has 102 valence electrons. The molecule has 1 aromatic heterocycles. The Hall–Kier alpha value is -1.43. The quantitative estimate of drug-likeness (QED) is 0.621. The van der Waals surface area contributed by atoms with E-state index in [2.05, 4.69) is 10.6 Å². The van der Waals surface area contributed by atoms with Crippen LogP contribution in [0.4, 0.5) is 0 Å². The Morgan fingerprint density at radius 2 is 2.11 bits per heavy atom. The maximum absolute atomic E-state index is 5.66. The van der Waals surface area contributed by atoms with Crippen LogP contribution in [-0.2, 0) is 16.0 Å². The lowest BCUT2D eigenvalue weighted by Crippen LogP contribution is -2.10. The van der Waals surface area contributed by atoms with Crippen molar-refractivity contribution in [2.45, 2.75) is 6.54 Å². The summed E-state index contributed by atoms with van der Waals surface area (Å²) >= 11 is 5.01. The van der Waals surface area contributed by atoms with Crippen molar-refractivity contribution in [2.24, 2.45) is 5.73 Å². The summed E-state index contributed by atoms with van der Waals surface area (Å²) in [6.07, 6.45) is 2.05. The summed E-state index contributed by atoms with van der Waals surface area (Å²) < 4.78 is 12.6. The zero-order valence-corrected chi connectivity index (χ0v) is 11.8. The molecule has 0 aliphatic carbocycles. The summed E-state index contributed by atoms with van der Waals surface area (Å²) in [5, 5.41) is 1.18. The van der Waals surface area contributed by atoms with Crippen LogP contribution >= 0.6 is 12.2 Å². The number of hydrogen-bond acceptors (Lipinski definition) is 3. The topological polar surface area (TPSA) is 49.4 Å². The zero-order valence-electron chi connectivity index (χ0n) is 11.0. The smallest absolute Gasteiger partial charge is 0.104 e. The minimum absolute atomic E-state index is 0.422. The number of rotatable bonds is 7. The summed E-state index contributed by atoms with van der Waals surface area (Å²) in [6.45, 7) is 2.70. The van der Waals surface area contributed by atoms with Crippen LogP contribution in [0.3, 0.4) is 0 Å². The standard InChI is InChI=1S/C14H18N2O2S/c1-17-8-9-18-7-6-16-5-4-11-2-3-12(14(15)19)10-13(11)16/h2-5,10H,6-9H2,1H3,(H2,15,19). The molecule has 0 unspecified atom stereocenters. The maximum atomic E-state index is 5.66. The summed E-state index contributed by atoms with van der Waals surface area (Å²) in [7, 11) is 1.67. The molecule has 0 saturated heterocycles. The second kappa shape index (κ2) is 6.65. The molecular formula is C14H18N2O2S. The molecule has 5 heteroatoms. The fourth-order valence-corrected chi connectivity index (χ4v) is 2.07. The number of benzene rings is 1. The molecule has 0 fully saturated rings. The van der Waals surface area contributed by atoms with Gasteiger partial charge in [0.1, 0.15) is 4.99 Å². The summed E-state index contributed by atoms with van der Waals surface area (Å²) in [6, 6.07) is 8.08. The van der Waals surface area contributed by atoms with E-state index in [0.717, 1.165) is 17.6 Å². The lowest BCUT2D eigenvalue weighted by molar-refractivity contribution is 0.0670. The number of aromatic nitrogens is 1. The molecule has 0 amide bonds. The van der Waals surface area contributed by atoms with Crippen LogP contribution in [0, 0.1) is 0 Å². The molecular weight excluding hydrogens is 260 g/mol. The average Bonchev–Trinajstić information content (AvgIpc) is 2.81. The Morgan fingerprint density at radius 3 is 2.84 bits per heavy atom. The molecule has 4 nitrogen and oxygen atoms in total. The van der Waals surface area contributed by atoms with Crippen molar-refractivity contribution >= 4 is 28.1 Å². The number of fused-ring (bicyclic) bond motifs is 1. The second-order valence-electron chi connectivity index (χ2n) is 4.25. The van der Waals surface area contributed by atoms with Crippen molar-refractivity contribution in [3.8, 4) is 0 Å². The molecule has 0 spiro atoms. The van der Waals surface area contributed by atoms with Crippen LogP contribution in [0.2, 0.25) is 0 Å². The van der Waals surface area contributed by atoms with Gasteiger partial charge in [-0.05, 0) is 17.5 Å². The first-order chi connectivity index (χ1) is 9.22. The van der Waals surface area contributed by atoms with Gasteiger partial charge in [-0.25, -0.2) is 0 Å².